The maximum atomic E-state index is 12.8. The largest absolute Gasteiger partial charge is 0.374 e. The zero-order chi connectivity index (χ0) is 15.2. The van der Waals surface area contributed by atoms with E-state index in [1.165, 1.54) is 17.7 Å². The van der Waals surface area contributed by atoms with Crippen LogP contribution >= 0.6 is 0 Å². The van der Waals surface area contributed by atoms with E-state index in [1.54, 1.807) is 19.1 Å². The number of rotatable bonds is 5. The molecule has 3 nitrogen and oxygen atoms in total. The SMILES string of the molecule is CCc1ccccc1N[C@H](C)C(=O)Nc1ccc(F)cc1. The van der Waals surface area contributed by atoms with Crippen molar-refractivity contribution in [3.05, 3.63) is 59.9 Å². The Bertz CT molecular complexity index is 610. The molecule has 0 saturated heterocycles. The van der Waals surface area contributed by atoms with Gasteiger partial charge in [-0.25, -0.2) is 4.39 Å². The summed E-state index contributed by atoms with van der Waals surface area (Å²) in [5.74, 6) is -0.483. The summed E-state index contributed by atoms with van der Waals surface area (Å²) in [6.07, 6.45) is 0.898. The highest BCUT2D eigenvalue weighted by molar-refractivity contribution is 5.96. The molecule has 0 unspecified atom stereocenters. The van der Waals surface area contributed by atoms with Crippen molar-refractivity contribution in [1.82, 2.24) is 0 Å². The van der Waals surface area contributed by atoms with Crippen molar-refractivity contribution in [2.24, 2.45) is 0 Å². The topological polar surface area (TPSA) is 41.1 Å². The second-order valence-corrected chi connectivity index (χ2v) is 4.87. The van der Waals surface area contributed by atoms with Crippen molar-refractivity contribution in [3.8, 4) is 0 Å². The summed E-state index contributed by atoms with van der Waals surface area (Å²) in [6.45, 7) is 3.87. The minimum atomic E-state index is -0.386. The van der Waals surface area contributed by atoms with Crippen LogP contribution in [-0.2, 0) is 11.2 Å². The summed E-state index contributed by atoms with van der Waals surface area (Å²) in [7, 11) is 0. The molecule has 0 saturated carbocycles. The maximum absolute atomic E-state index is 12.8. The number of anilines is 2. The van der Waals surface area contributed by atoms with E-state index in [-0.39, 0.29) is 17.8 Å². The van der Waals surface area contributed by atoms with E-state index in [1.807, 2.05) is 24.3 Å². The van der Waals surface area contributed by atoms with Crippen LogP contribution in [0.4, 0.5) is 15.8 Å². The van der Waals surface area contributed by atoms with Gasteiger partial charge in [-0.1, -0.05) is 25.1 Å². The first kappa shape index (κ1) is 15.0. The van der Waals surface area contributed by atoms with Crippen molar-refractivity contribution < 1.29 is 9.18 Å². The number of hydrogen-bond acceptors (Lipinski definition) is 2. The summed E-state index contributed by atoms with van der Waals surface area (Å²) in [6, 6.07) is 13.2. The predicted octanol–water partition coefficient (Wildman–Crippen LogP) is 3.83. The highest BCUT2D eigenvalue weighted by Gasteiger charge is 2.13. The zero-order valence-corrected chi connectivity index (χ0v) is 12.2. The number of benzene rings is 2. The number of nitrogens with one attached hydrogen (secondary N) is 2. The lowest BCUT2D eigenvalue weighted by molar-refractivity contribution is -0.116. The summed E-state index contributed by atoms with van der Waals surface area (Å²) in [5.41, 5.74) is 2.71. The van der Waals surface area contributed by atoms with E-state index in [9.17, 15) is 9.18 Å². The van der Waals surface area contributed by atoms with Gasteiger partial charge in [-0.05, 0) is 49.2 Å². The molecule has 4 heteroatoms. The zero-order valence-electron chi connectivity index (χ0n) is 12.2. The van der Waals surface area contributed by atoms with Crippen molar-refractivity contribution in [2.45, 2.75) is 26.3 Å². The monoisotopic (exact) mass is 286 g/mol. The summed E-state index contributed by atoms with van der Waals surface area (Å²) in [4.78, 5) is 12.1. The summed E-state index contributed by atoms with van der Waals surface area (Å²) < 4.78 is 12.8. The molecule has 0 aliphatic carbocycles. The fourth-order valence-electron chi connectivity index (χ4n) is 2.05. The molecule has 2 aromatic rings. The van der Waals surface area contributed by atoms with Gasteiger partial charge in [0.15, 0.2) is 0 Å². The number of para-hydroxylation sites is 1. The van der Waals surface area contributed by atoms with E-state index in [2.05, 4.69) is 17.6 Å². The van der Waals surface area contributed by atoms with Gasteiger partial charge in [-0.3, -0.25) is 4.79 Å². The van der Waals surface area contributed by atoms with Gasteiger partial charge in [-0.15, -0.1) is 0 Å². The molecule has 0 bridgehead atoms. The molecule has 0 spiro atoms. The van der Waals surface area contributed by atoms with Crippen molar-refractivity contribution in [1.29, 1.82) is 0 Å². The summed E-state index contributed by atoms with van der Waals surface area (Å²) >= 11 is 0. The standard InChI is InChI=1S/C17H19FN2O/c1-3-13-6-4-5-7-16(13)19-12(2)17(21)20-15-10-8-14(18)9-11-15/h4-12,19H,3H2,1-2H3,(H,20,21)/t12-/m1/s1. The van der Waals surface area contributed by atoms with Gasteiger partial charge in [0.05, 0.1) is 0 Å². The second kappa shape index (κ2) is 6.88. The number of aryl methyl sites for hydroxylation is 1. The Morgan fingerprint density at radius 1 is 1.14 bits per heavy atom. The van der Waals surface area contributed by atoms with Gasteiger partial charge in [-0.2, -0.15) is 0 Å². The molecule has 1 amide bonds. The highest BCUT2D eigenvalue weighted by atomic mass is 19.1. The smallest absolute Gasteiger partial charge is 0.246 e. The molecule has 0 aliphatic rings. The van der Waals surface area contributed by atoms with Crippen LogP contribution in [0.3, 0.4) is 0 Å². The van der Waals surface area contributed by atoms with Crippen LogP contribution in [-0.4, -0.2) is 11.9 Å². The van der Waals surface area contributed by atoms with E-state index in [4.69, 9.17) is 0 Å². The molecule has 0 aromatic heterocycles. The Labute approximate surface area is 124 Å². The first-order valence-corrected chi connectivity index (χ1v) is 7.01. The predicted molar refractivity (Wildman–Crippen MR) is 83.9 cm³/mol. The van der Waals surface area contributed by atoms with Crippen LogP contribution < -0.4 is 10.6 Å². The minimum absolute atomic E-state index is 0.160. The van der Waals surface area contributed by atoms with Crippen LogP contribution in [0.5, 0.6) is 0 Å². The Kier molecular flexibility index (Phi) is 4.93. The van der Waals surface area contributed by atoms with Gasteiger partial charge in [0, 0.05) is 11.4 Å². The first-order valence-electron chi connectivity index (χ1n) is 7.01. The van der Waals surface area contributed by atoms with Crippen LogP contribution in [0.2, 0.25) is 0 Å². The maximum Gasteiger partial charge on any atom is 0.246 e. The van der Waals surface area contributed by atoms with Gasteiger partial charge in [0.2, 0.25) is 5.91 Å². The molecule has 2 rings (SSSR count). The Morgan fingerprint density at radius 3 is 2.48 bits per heavy atom. The number of carbonyl (C=O) groups is 1. The molecule has 21 heavy (non-hydrogen) atoms. The lowest BCUT2D eigenvalue weighted by Crippen LogP contribution is -2.32. The third kappa shape index (κ3) is 4.05. The van der Waals surface area contributed by atoms with Crippen molar-refractivity contribution >= 4 is 17.3 Å². The fraction of sp³-hybridized carbons (Fsp3) is 0.235. The number of amides is 1. The summed E-state index contributed by atoms with van der Waals surface area (Å²) in [5, 5.41) is 5.97. The number of halogens is 1. The number of carbonyl (C=O) groups excluding carboxylic acids is 1. The normalized spacial score (nSPS) is 11.8. The van der Waals surface area contributed by atoms with Crippen LogP contribution in [0.25, 0.3) is 0 Å². The molecule has 2 aromatic carbocycles. The van der Waals surface area contributed by atoms with Gasteiger partial charge < -0.3 is 10.6 Å². The molecule has 0 fully saturated rings. The minimum Gasteiger partial charge on any atom is -0.374 e. The van der Waals surface area contributed by atoms with Crippen molar-refractivity contribution in [2.75, 3.05) is 10.6 Å². The van der Waals surface area contributed by atoms with Gasteiger partial charge >= 0.3 is 0 Å². The molecular formula is C17H19FN2O. The Morgan fingerprint density at radius 2 is 1.81 bits per heavy atom. The Balaban J connectivity index is 2.01. The molecule has 0 aliphatic heterocycles. The molecule has 1 atom stereocenters. The quantitative estimate of drug-likeness (QED) is 0.877. The third-order valence-corrected chi connectivity index (χ3v) is 3.28. The third-order valence-electron chi connectivity index (χ3n) is 3.28. The van der Waals surface area contributed by atoms with Gasteiger partial charge in [0.1, 0.15) is 11.9 Å². The molecule has 2 N–H and O–H groups in total. The van der Waals surface area contributed by atoms with E-state index < -0.39 is 0 Å². The van der Waals surface area contributed by atoms with Crippen LogP contribution in [0, 0.1) is 5.82 Å². The molecular weight excluding hydrogens is 267 g/mol. The first-order chi connectivity index (χ1) is 10.1. The van der Waals surface area contributed by atoms with E-state index >= 15 is 0 Å². The van der Waals surface area contributed by atoms with Crippen LogP contribution in [0.15, 0.2) is 48.5 Å². The lowest BCUT2D eigenvalue weighted by atomic mass is 10.1. The molecule has 0 heterocycles. The lowest BCUT2D eigenvalue weighted by Gasteiger charge is -2.17. The average Bonchev–Trinajstić information content (AvgIpc) is 2.50. The highest BCUT2D eigenvalue weighted by Crippen LogP contribution is 2.17. The van der Waals surface area contributed by atoms with Gasteiger partial charge in [0.25, 0.3) is 0 Å². The molecule has 110 valence electrons. The molecule has 0 radical (unpaired) electrons. The fourth-order valence-corrected chi connectivity index (χ4v) is 2.05. The average molecular weight is 286 g/mol. The van der Waals surface area contributed by atoms with Crippen LogP contribution in [0.1, 0.15) is 19.4 Å². The Hall–Kier alpha value is -2.36. The number of hydrogen-bond donors (Lipinski definition) is 2. The van der Waals surface area contributed by atoms with Crippen molar-refractivity contribution in [3.63, 3.8) is 0 Å². The second-order valence-electron chi connectivity index (χ2n) is 4.87. The van der Waals surface area contributed by atoms with E-state index in [0.29, 0.717) is 5.69 Å². The van der Waals surface area contributed by atoms with E-state index in [0.717, 1.165) is 12.1 Å².